The van der Waals surface area contributed by atoms with E-state index >= 15 is 0 Å². The van der Waals surface area contributed by atoms with Crippen LogP contribution in [-0.4, -0.2) is 77.6 Å². The average Bonchev–Trinajstić information content (AvgIpc) is 3.27. The van der Waals surface area contributed by atoms with Crippen molar-refractivity contribution in [1.82, 2.24) is 15.0 Å². The Balaban J connectivity index is 1.79. The van der Waals surface area contributed by atoms with E-state index in [0.717, 1.165) is 12.1 Å². The van der Waals surface area contributed by atoms with E-state index in [0.29, 0.717) is 5.92 Å². The molecule has 3 rings (SSSR count). The zero-order valence-electron chi connectivity index (χ0n) is 15.2. The lowest BCUT2D eigenvalue weighted by atomic mass is 9.92. The van der Waals surface area contributed by atoms with Gasteiger partial charge in [0.15, 0.2) is 0 Å². The SMILES string of the molecule is CS[C@H]1O[C@H]([C@@H]([C@@H](C)O)n2cc(CC3CCCC3)nn2)[C@H](O)[C@H](O)[C@H]1O. The molecule has 1 saturated heterocycles. The van der Waals surface area contributed by atoms with Crippen molar-refractivity contribution in [3.63, 3.8) is 0 Å². The minimum absolute atomic E-state index is 0.625. The molecule has 8 nitrogen and oxygen atoms in total. The Hall–Kier alpha value is -0.710. The van der Waals surface area contributed by atoms with Crippen LogP contribution < -0.4 is 0 Å². The number of aliphatic hydroxyl groups excluding tert-OH is 4. The molecule has 1 aliphatic heterocycles. The predicted molar refractivity (Wildman–Crippen MR) is 96.6 cm³/mol. The van der Waals surface area contributed by atoms with Crippen LogP contribution in [0.1, 0.15) is 44.3 Å². The Morgan fingerprint density at radius 1 is 1.23 bits per heavy atom. The van der Waals surface area contributed by atoms with Gasteiger partial charge in [-0.25, -0.2) is 4.68 Å². The summed E-state index contributed by atoms with van der Waals surface area (Å²) in [7, 11) is 0. The predicted octanol–water partition coefficient (Wildman–Crippen LogP) is 0.103. The van der Waals surface area contributed by atoms with Crippen molar-refractivity contribution in [2.24, 2.45) is 5.92 Å². The normalized spacial score (nSPS) is 35.5. The van der Waals surface area contributed by atoms with Crippen LogP contribution in [0.15, 0.2) is 6.20 Å². The maximum absolute atomic E-state index is 10.4. The summed E-state index contributed by atoms with van der Waals surface area (Å²) in [4.78, 5) is 0. The molecule has 0 amide bonds. The van der Waals surface area contributed by atoms with Crippen molar-refractivity contribution in [2.75, 3.05) is 6.26 Å². The maximum atomic E-state index is 10.4. The number of aromatic nitrogens is 3. The number of ether oxygens (including phenoxy) is 1. The van der Waals surface area contributed by atoms with Crippen LogP contribution in [0.4, 0.5) is 0 Å². The van der Waals surface area contributed by atoms with Crippen molar-refractivity contribution in [3.8, 4) is 0 Å². The smallest absolute Gasteiger partial charge is 0.132 e. The van der Waals surface area contributed by atoms with Gasteiger partial charge in [0.2, 0.25) is 0 Å². The summed E-state index contributed by atoms with van der Waals surface area (Å²) in [5, 5.41) is 49.3. The van der Waals surface area contributed by atoms with Gasteiger partial charge in [-0.1, -0.05) is 30.9 Å². The topological polar surface area (TPSA) is 121 Å². The zero-order chi connectivity index (χ0) is 18.8. The van der Waals surface area contributed by atoms with Gasteiger partial charge in [-0.2, -0.15) is 0 Å². The van der Waals surface area contributed by atoms with Gasteiger partial charge in [0.1, 0.15) is 35.9 Å². The van der Waals surface area contributed by atoms with Crippen LogP contribution in [0.3, 0.4) is 0 Å². The largest absolute Gasteiger partial charge is 0.391 e. The molecule has 2 fully saturated rings. The molecule has 4 N–H and O–H groups in total. The van der Waals surface area contributed by atoms with E-state index in [-0.39, 0.29) is 0 Å². The number of rotatable bonds is 6. The molecule has 9 heteroatoms. The summed E-state index contributed by atoms with van der Waals surface area (Å²) in [6.45, 7) is 1.59. The van der Waals surface area contributed by atoms with Gasteiger partial charge in [0.05, 0.1) is 11.8 Å². The molecule has 0 unspecified atom stereocenters. The molecule has 2 aliphatic rings. The van der Waals surface area contributed by atoms with E-state index in [1.165, 1.54) is 42.1 Å². The lowest BCUT2D eigenvalue weighted by molar-refractivity contribution is -0.216. The molecule has 1 aliphatic carbocycles. The molecule has 7 atom stereocenters. The second kappa shape index (κ2) is 8.53. The third-order valence-electron chi connectivity index (χ3n) is 5.51. The van der Waals surface area contributed by atoms with Crippen molar-refractivity contribution in [3.05, 3.63) is 11.9 Å². The molecule has 148 valence electrons. The minimum Gasteiger partial charge on any atom is -0.391 e. The van der Waals surface area contributed by atoms with Crippen molar-refractivity contribution < 1.29 is 25.2 Å². The van der Waals surface area contributed by atoms with E-state index in [1.54, 1.807) is 19.4 Å². The fourth-order valence-electron chi connectivity index (χ4n) is 4.06. The molecule has 0 aromatic carbocycles. The Morgan fingerprint density at radius 2 is 1.92 bits per heavy atom. The van der Waals surface area contributed by atoms with E-state index in [2.05, 4.69) is 10.3 Å². The number of aliphatic hydroxyl groups is 4. The first-order valence-electron chi connectivity index (χ1n) is 9.23. The van der Waals surface area contributed by atoms with Crippen LogP contribution in [0, 0.1) is 5.92 Å². The Morgan fingerprint density at radius 3 is 2.54 bits per heavy atom. The third-order valence-corrected chi connectivity index (χ3v) is 6.36. The summed E-state index contributed by atoms with van der Waals surface area (Å²) < 4.78 is 7.32. The highest BCUT2D eigenvalue weighted by molar-refractivity contribution is 7.99. The molecule has 26 heavy (non-hydrogen) atoms. The first-order valence-corrected chi connectivity index (χ1v) is 10.5. The maximum Gasteiger partial charge on any atom is 0.132 e. The standard InChI is InChI=1S/C17H29N3O5S/c1-9(21)12(16-14(23)13(22)15(24)17(25-16)26-2)20-8-11(18-19-20)7-10-5-3-4-6-10/h8-10,12-17,21-24H,3-7H2,1-2H3/t9-,12-,13+,14-,15-,16-,17-/m1/s1. The summed E-state index contributed by atoms with van der Waals surface area (Å²) in [6.07, 6.45) is 3.64. The van der Waals surface area contributed by atoms with Gasteiger partial charge in [0, 0.05) is 6.20 Å². The Kier molecular flexibility index (Phi) is 6.58. The van der Waals surface area contributed by atoms with Crippen LogP contribution in [0.5, 0.6) is 0 Å². The van der Waals surface area contributed by atoms with E-state index < -0.39 is 42.0 Å². The highest BCUT2D eigenvalue weighted by Gasteiger charge is 2.48. The Bertz CT molecular complexity index is 578. The van der Waals surface area contributed by atoms with Gasteiger partial charge < -0.3 is 25.2 Å². The van der Waals surface area contributed by atoms with Gasteiger partial charge in [-0.3, -0.25) is 0 Å². The van der Waals surface area contributed by atoms with Gasteiger partial charge in [0.25, 0.3) is 0 Å². The van der Waals surface area contributed by atoms with Crippen molar-refractivity contribution in [1.29, 1.82) is 0 Å². The van der Waals surface area contributed by atoms with Gasteiger partial charge in [-0.15, -0.1) is 16.9 Å². The number of hydrogen-bond donors (Lipinski definition) is 4. The molecular weight excluding hydrogens is 358 g/mol. The van der Waals surface area contributed by atoms with Crippen LogP contribution >= 0.6 is 11.8 Å². The quantitative estimate of drug-likeness (QED) is 0.542. The minimum atomic E-state index is -1.35. The first-order chi connectivity index (χ1) is 12.4. The van der Waals surface area contributed by atoms with Gasteiger partial charge in [-0.05, 0) is 25.5 Å². The van der Waals surface area contributed by atoms with Crippen LogP contribution in [-0.2, 0) is 11.2 Å². The molecule has 1 saturated carbocycles. The van der Waals surface area contributed by atoms with Crippen LogP contribution in [0.25, 0.3) is 0 Å². The van der Waals surface area contributed by atoms with E-state index in [4.69, 9.17) is 4.74 Å². The zero-order valence-corrected chi connectivity index (χ0v) is 16.0. The number of hydrogen-bond acceptors (Lipinski definition) is 8. The fourth-order valence-corrected chi connectivity index (χ4v) is 4.74. The molecule has 0 spiro atoms. The monoisotopic (exact) mass is 387 g/mol. The highest BCUT2D eigenvalue weighted by Crippen LogP contribution is 2.34. The molecule has 0 bridgehead atoms. The van der Waals surface area contributed by atoms with Gasteiger partial charge >= 0.3 is 0 Å². The second-order valence-electron chi connectivity index (χ2n) is 7.45. The number of thioether (sulfide) groups is 1. The second-order valence-corrected chi connectivity index (χ2v) is 8.39. The Labute approximate surface area is 157 Å². The highest BCUT2D eigenvalue weighted by atomic mass is 32.2. The van der Waals surface area contributed by atoms with E-state index in [9.17, 15) is 20.4 Å². The summed E-state index contributed by atoms with van der Waals surface area (Å²) in [6, 6.07) is -0.716. The lowest BCUT2D eigenvalue weighted by Crippen LogP contribution is -2.59. The fraction of sp³-hybridized carbons (Fsp3) is 0.882. The van der Waals surface area contributed by atoms with Crippen molar-refractivity contribution >= 4 is 11.8 Å². The summed E-state index contributed by atoms with van der Waals surface area (Å²) in [5.41, 5.74) is 0.163. The molecule has 0 radical (unpaired) electrons. The van der Waals surface area contributed by atoms with E-state index in [1.807, 2.05) is 0 Å². The molecule has 1 aromatic heterocycles. The lowest BCUT2D eigenvalue weighted by Gasteiger charge is -2.43. The molecule has 1 aromatic rings. The summed E-state index contributed by atoms with van der Waals surface area (Å²) >= 11 is 1.24. The third kappa shape index (κ3) is 4.07. The molecule has 2 heterocycles. The first kappa shape index (κ1) is 20.0. The molecular formula is C17H29N3O5S. The average molecular weight is 388 g/mol. The van der Waals surface area contributed by atoms with Crippen molar-refractivity contribution in [2.45, 2.75) is 81.0 Å². The van der Waals surface area contributed by atoms with Crippen LogP contribution in [0.2, 0.25) is 0 Å². The summed E-state index contributed by atoms with van der Waals surface area (Å²) in [5.74, 6) is 0.625. The number of nitrogens with zero attached hydrogens (tertiary/aromatic N) is 3.